The second-order valence-corrected chi connectivity index (χ2v) is 2.14. The molecule has 46 valence electrons. The molecular formula is C6H10BrN. The first-order valence-electron chi connectivity index (χ1n) is 2.65. The molecule has 0 saturated heterocycles. The van der Waals surface area contributed by atoms with Crippen molar-refractivity contribution in [3.05, 3.63) is 10.7 Å². The Kier molecular flexibility index (Phi) is 4.97. The minimum absolute atomic E-state index is 0.902. The summed E-state index contributed by atoms with van der Waals surface area (Å²) in [5.41, 5.74) is 0. The van der Waals surface area contributed by atoms with Gasteiger partial charge in [0.25, 0.3) is 0 Å². The molecular weight excluding hydrogens is 166 g/mol. The standard InChI is InChI=1S/C6H10BrN/c1-3-5-8-6(7)4-2/h4-5H,3H2,1-2H3/b6-4-,8-5-. The van der Waals surface area contributed by atoms with Gasteiger partial charge in [-0.05, 0) is 29.3 Å². The predicted molar refractivity (Wildman–Crippen MR) is 41.5 cm³/mol. The van der Waals surface area contributed by atoms with Gasteiger partial charge >= 0.3 is 0 Å². The average Bonchev–Trinajstić information content (AvgIpc) is 1.83. The van der Waals surface area contributed by atoms with Crippen molar-refractivity contribution in [2.45, 2.75) is 20.3 Å². The average molecular weight is 176 g/mol. The number of allylic oxidation sites excluding steroid dienone is 1. The van der Waals surface area contributed by atoms with Gasteiger partial charge in [0.05, 0.1) is 0 Å². The summed E-state index contributed by atoms with van der Waals surface area (Å²) in [6.07, 6.45) is 4.76. The summed E-state index contributed by atoms with van der Waals surface area (Å²) >= 11 is 3.24. The first kappa shape index (κ1) is 7.89. The van der Waals surface area contributed by atoms with Crippen molar-refractivity contribution in [1.29, 1.82) is 0 Å². The molecule has 0 heterocycles. The zero-order chi connectivity index (χ0) is 6.41. The van der Waals surface area contributed by atoms with Crippen molar-refractivity contribution in [2.75, 3.05) is 0 Å². The van der Waals surface area contributed by atoms with Gasteiger partial charge in [0.15, 0.2) is 0 Å². The fraction of sp³-hybridized carbons (Fsp3) is 0.500. The maximum atomic E-state index is 4.01. The number of hydrogen-bond acceptors (Lipinski definition) is 1. The molecule has 0 N–H and O–H groups in total. The van der Waals surface area contributed by atoms with Crippen LogP contribution in [-0.2, 0) is 0 Å². The van der Waals surface area contributed by atoms with Gasteiger partial charge < -0.3 is 0 Å². The van der Waals surface area contributed by atoms with Crippen LogP contribution in [-0.4, -0.2) is 6.21 Å². The summed E-state index contributed by atoms with van der Waals surface area (Å²) in [6, 6.07) is 0. The quantitative estimate of drug-likeness (QED) is 0.453. The number of halogens is 1. The van der Waals surface area contributed by atoms with Crippen LogP contribution in [0.3, 0.4) is 0 Å². The fourth-order valence-corrected chi connectivity index (χ4v) is 0.398. The Bertz CT molecular complexity index is 105. The molecule has 0 aromatic carbocycles. The zero-order valence-electron chi connectivity index (χ0n) is 5.19. The van der Waals surface area contributed by atoms with E-state index in [1.54, 1.807) is 0 Å². The summed E-state index contributed by atoms with van der Waals surface area (Å²) in [7, 11) is 0. The van der Waals surface area contributed by atoms with Crippen LogP contribution in [0.15, 0.2) is 15.7 Å². The highest BCUT2D eigenvalue weighted by atomic mass is 79.9. The van der Waals surface area contributed by atoms with Crippen LogP contribution >= 0.6 is 15.9 Å². The number of rotatable bonds is 2. The molecule has 0 unspecified atom stereocenters. The van der Waals surface area contributed by atoms with E-state index >= 15 is 0 Å². The molecule has 0 aliphatic heterocycles. The minimum atomic E-state index is 0.902. The van der Waals surface area contributed by atoms with E-state index in [1.807, 2.05) is 19.2 Å². The van der Waals surface area contributed by atoms with Gasteiger partial charge in [0, 0.05) is 6.21 Å². The fourth-order valence-electron chi connectivity index (χ4n) is 0.253. The van der Waals surface area contributed by atoms with Crippen molar-refractivity contribution >= 4 is 22.1 Å². The third-order valence-corrected chi connectivity index (χ3v) is 1.30. The van der Waals surface area contributed by atoms with Crippen LogP contribution < -0.4 is 0 Å². The molecule has 0 fully saturated rings. The van der Waals surface area contributed by atoms with Crippen LogP contribution in [0.5, 0.6) is 0 Å². The van der Waals surface area contributed by atoms with E-state index in [0.29, 0.717) is 0 Å². The lowest BCUT2D eigenvalue weighted by Gasteiger charge is -1.81. The van der Waals surface area contributed by atoms with Gasteiger partial charge in [-0.25, -0.2) is 0 Å². The third kappa shape index (κ3) is 4.06. The molecule has 2 heteroatoms. The van der Waals surface area contributed by atoms with E-state index in [9.17, 15) is 0 Å². The Hall–Kier alpha value is -0.110. The lowest BCUT2D eigenvalue weighted by atomic mass is 10.5. The van der Waals surface area contributed by atoms with Gasteiger partial charge in [-0.2, -0.15) is 0 Å². The highest BCUT2D eigenvalue weighted by Crippen LogP contribution is 2.03. The van der Waals surface area contributed by atoms with Crippen molar-refractivity contribution < 1.29 is 0 Å². The van der Waals surface area contributed by atoms with E-state index in [0.717, 1.165) is 11.0 Å². The summed E-state index contributed by atoms with van der Waals surface area (Å²) < 4.78 is 0.902. The SMILES string of the molecule is C/C=C(Br)\N=C/CC. The first-order chi connectivity index (χ1) is 3.81. The normalized spacial score (nSPS) is 13.1. The van der Waals surface area contributed by atoms with Crippen LogP contribution in [0.4, 0.5) is 0 Å². The second kappa shape index (κ2) is 5.04. The predicted octanol–water partition coefficient (Wildman–Crippen LogP) is 2.72. The lowest BCUT2D eigenvalue weighted by molar-refractivity contribution is 1.31. The molecule has 0 atom stereocenters. The third-order valence-electron chi connectivity index (χ3n) is 0.635. The Balaban J connectivity index is 3.53. The van der Waals surface area contributed by atoms with Gasteiger partial charge in [0.2, 0.25) is 0 Å². The van der Waals surface area contributed by atoms with E-state index in [2.05, 4.69) is 27.8 Å². The molecule has 0 saturated carbocycles. The summed E-state index contributed by atoms with van der Waals surface area (Å²) in [5.74, 6) is 0. The lowest BCUT2D eigenvalue weighted by Crippen LogP contribution is -1.66. The largest absolute Gasteiger partial charge is 0.254 e. The van der Waals surface area contributed by atoms with E-state index < -0.39 is 0 Å². The second-order valence-electron chi connectivity index (χ2n) is 1.33. The molecule has 0 spiro atoms. The van der Waals surface area contributed by atoms with Crippen molar-refractivity contribution in [3.63, 3.8) is 0 Å². The molecule has 0 aliphatic rings. The van der Waals surface area contributed by atoms with Crippen molar-refractivity contribution in [3.8, 4) is 0 Å². The number of nitrogens with zero attached hydrogens (tertiary/aromatic N) is 1. The monoisotopic (exact) mass is 175 g/mol. The van der Waals surface area contributed by atoms with Crippen LogP contribution in [0.25, 0.3) is 0 Å². The molecule has 0 bridgehead atoms. The maximum absolute atomic E-state index is 4.01. The van der Waals surface area contributed by atoms with Crippen LogP contribution in [0.2, 0.25) is 0 Å². The zero-order valence-corrected chi connectivity index (χ0v) is 6.77. The molecule has 0 rings (SSSR count). The topological polar surface area (TPSA) is 12.4 Å². The highest BCUT2D eigenvalue weighted by molar-refractivity contribution is 9.11. The van der Waals surface area contributed by atoms with E-state index in [1.165, 1.54) is 0 Å². The molecule has 0 aromatic heterocycles. The number of hydrogen-bond donors (Lipinski definition) is 0. The van der Waals surface area contributed by atoms with Gasteiger partial charge in [-0.3, -0.25) is 4.99 Å². The molecule has 0 aliphatic carbocycles. The highest BCUT2D eigenvalue weighted by Gasteiger charge is 1.75. The smallest absolute Gasteiger partial charge is 0.101 e. The molecule has 0 aromatic rings. The van der Waals surface area contributed by atoms with Crippen LogP contribution in [0.1, 0.15) is 20.3 Å². The first-order valence-corrected chi connectivity index (χ1v) is 3.45. The van der Waals surface area contributed by atoms with E-state index in [-0.39, 0.29) is 0 Å². The molecule has 0 radical (unpaired) electrons. The van der Waals surface area contributed by atoms with Gasteiger partial charge in [-0.1, -0.05) is 13.0 Å². The Labute approximate surface area is 58.6 Å². The van der Waals surface area contributed by atoms with Crippen LogP contribution in [0, 0.1) is 0 Å². The van der Waals surface area contributed by atoms with Crippen molar-refractivity contribution in [1.82, 2.24) is 0 Å². The summed E-state index contributed by atoms with van der Waals surface area (Å²) in [6.45, 7) is 4.00. The van der Waals surface area contributed by atoms with E-state index in [4.69, 9.17) is 0 Å². The maximum Gasteiger partial charge on any atom is 0.101 e. The minimum Gasteiger partial charge on any atom is -0.254 e. The Morgan fingerprint density at radius 3 is 2.75 bits per heavy atom. The molecule has 8 heavy (non-hydrogen) atoms. The Morgan fingerprint density at radius 1 is 1.75 bits per heavy atom. The summed E-state index contributed by atoms with van der Waals surface area (Å²) in [5, 5.41) is 0. The Morgan fingerprint density at radius 2 is 2.38 bits per heavy atom. The number of aliphatic imine (C=N–C) groups is 1. The van der Waals surface area contributed by atoms with Crippen molar-refractivity contribution in [2.24, 2.45) is 4.99 Å². The van der Waals surface area contributed by atoms with Gasteiger partial charge in [0.1, 0.15) is 4.61 Å². The summed E-state index contributed by atoms with van der Waals surface area (Å²) in [4.78, 5) is 4.01. The molecule has 1 nitrogen and oxygen atoms in total. The van der Waals surface area contributed by atoms with Gasteiger partial charge in [-0.15, -0.1) is 0 Å². The molecule has 0 amide bonds.